The minimum atomic E-state index is -4.71. The van der Waals surface area contributed by atoms with E-state index in [0.29, 0.717) is 5.69 Å². The molecule has 0 saturated heterocycles. The SMILES string of the molecule is C=CCC1(C(F)(F)F)Nc2ccccc2NC1=O. The first-order valence-electron chi connectivity index (χ1n) is 5.27. The summed E-state index contributed by atoms with van der Waals surface area (Å²) in [6.45, 7) is 3.28. The Kier molecular flexibility index (Phi) is 2.80. The van der Waals surface area contributed by atoms with Crippen LogP contribution in [0.5, 0.6) is 0 Å². The third kappa shape index (κ3) is 1.73. The minimum absolute atomic E-state index is 0.247. The van der Waals surface area contributed by atoms with Gasteiger partial charge in [0.25, 0.3) is 5.91 Å². The highest BCUT2D eigenvalue weighted by molar-refractivity contribution is 6.06. The van der Waals surface area contributed by atoms with Gasteiger partial charge in [0, 0.05) is 6.42 Å². The average molecular weight is 256 g/mol. The van der Waals surface area contributed by atoms with Gasteiger partial charge in [0.2, 0.25) is 5.54 Å². The Balaban J connectivity index is 2.51. The van der Waals surface area contributed by atoms with Crippen molar-refractivity contribution in [3.8, 4) is 0 Å². The van der Waals surface area contributed by atoms with Gasteiger partial charge in [0.05, 0.1) is 11.4 Å². The molecule has 1 aromatic carbocycles. The third-order valence-electron chi connectivity index (χ3n) is 2.85. The summed E-state index contributed by atoms with van der Waals surface area (Å²) in [6, 6.07) is 6.25. The highest BCUT2D eigenvalue weighted by Gasteiger charge is 2.61. The molecule has 2 rings (SSSR count). The number of amides is 1. The molecular formula is C12H11F3N2O. The fourth-order valence-electron chi connectivity index (χ4n) is 1.89. The number of halogens is 3. The molecule has 0 fully saturated rings. The molecule has 18 heavy (non-hydrogen) atoms. The second-order valence-corrected chi connectivity index (χ2v) is 4.02. The number of para-hydroxylation sites is 2. The van der Waals surface area contributed by atoms with Gasteiger partial charge in [-0.15, -0.1) is 6.58 Å². The Bertz CT molecular complexity index is 498. The number of fused-ring (bicyclic) bond motifs is 1. The summed E-state index contributed by atoms with van der Waals surface area (Å²) in [6.07, 6.45) is -4.16. The number of benzene rings is 1. The van der Waals surface area contributed by atoms with Gasteiger partial charge in [0.1, 0.15) is 0 Å². The monoisotopic (exact) mass is 256 g/mol. The first-order chi connectivity index (χ1) is 8.40. The zero-order valence-corrected chi connectivity index (χ0v) is 9.34. The second kappa shape index (κ2) is 4.04. The topological polar surface area (TPSA) is 41.1 Å². The molecule has 1 unspecified atom stereocenters. The van der Waals surface area contributed by atoms with Gasteiger partial charge in [-0.3, -0.25) is 4.79 Å². The highest BCUT2D eigenvalue weighted by atomic mass is 19.4. The van der Waals surface area contributed by atoms with Crippen molar-refractivity contribution in [2.75, 3.05) is 10.6 Å². The number of carbonyl (C=O) groups is 1. The van der Waals surface area contributed by atoms with E-state index in [1.54, 1.807) is 12.1 Å². The first-order valence-corrected chi connectivity index (χ1v) is 5.27. The van der Waals surface area contributed by atoms with Crippen molar-refractivity contribution in [1.82, 2.24) is 0 Å². The Hall–Kier alpha value is -1.98. The Morgan fingerprint density at radius 2 is 1.89 bits per heavy atom. The molecule has 1 atom stereocenters. The van der Waals surface area contributed by atoms with E-state index in [4.69, 9.17) is 0 Å². The molecule has 96 valence electrons. The van der Waals surface area contributed by atoms with Crippen molar-refractivity contribution >= 4 is 17.3 Å². The van der Waals surface area contributed by atoms with Crippen molar-refractivity contribution in [3.63, 3.8) is 0 Å². The maximum Gasteiger partial charge on any atom is 0.420 e. The molecule has 1 amide bonds. The van der Waals surface area contributed by atoms with Gasteiger partial charge in [-0.2, -0.15) is 13.2 Å². The van der Waals surface area contributed by atoms with Crippen molar-refractivity contribution in [1.29, 1.82) is 0 Å². The van der Waals surface area contributed by atoms with Gasteiger partial charge in [-0.25, -0.2) is 0 Å². The van der Waals surface area contributed by atoms with Crippen LogP contribution in [0.4, 0.5) is 24.5 Å². The number of carbonyl (C=O) groups excluding carboxylic acids is 1. The van der Waals surface area contributed by atoms with Crippen LogP contribution in [0.25, 0.3) is 0 Å². The predicted molar refractivity (Wildman–Crippen MR) is 62.3 cm³/mol. The van der Waals surface area contributed by atoms with E-state index in [-0.39, 0.29) is 5.69 Å². The van der Waals surface area contributed by atoms with Crippen molar-refractivity contribution < 1.29 is 18.0 Å². The van der Waals surface area contributed by atoms with E-state index in [2.05, 4.69) is 17.2 Å². The Morgan fingerprint density at radius 1 is 1.28 bits per heavy atom. The van der Waals surface area contributed by atoms with Crippen LogP contribution < -0.4 is 10.6 Å². The summed E-state index contributed by atoms with van der Waals surface area (Å²) < 4.78 is 39.5. The summed E-state index contributed by atoms with van der Waals surface area (Å²) in [5.41, 5.74) is -2.06. The summed E-state index contributed by atoms with van der Waals surface area (Å²) in [5, 5.41) is 4.57. The number of rotatable bonds is 2. The molecule has 1 aromatic rings. The van der Waals surface area contributed by atoms with Crippen LogP contribution in [0.3, 0.4) is 0 Å². The lowest BCUT2D eigenvalue weighted by Crippen LogP contribution is -2.61. The third-order valence-corrected chi connectivity index (χ3v) is 2.85. The molecule has 0 saturated carbocycles. The summed E-state index contributed by atoms with van der Waals surface area (Å²) in [5.74, 6) is -1.12. The second-order valence-electron chi connectivity index (χ2n) is 4.02. The average Bonchev–Trinajstić information content (AvgIpc) is 2.28. The van der Waals surface area contributed by atoms with Crippen molar-refractivity contribution in [2.45, 2.75) is 18.1 Å². The molecule has 3 nitrogen and oxygen atoms in total. The standard InChI is InChI=1S/C12H11F3N2O/c1-2-7-11(12(13,14)15)10(18)16-8-5-3-4-6-9(8)17-11/h2-6,17H,1,7H2,(H,16,18). The van der Waals surface area contributed by atoms with E-state index >= 15 is 0 Å². The van der Waals surface area contributed by atoms with E-state index < -0.39 is 24.0 Å². The fraction of sp³-hybridized carbons (Fsp3) is 0.250. The van der Waals surface area contributed by atoms with Gasteiger partial charge in [0.15, 0.2) is 0 Å². The molecule has 6 heteroatoms. The smallest absolute Gasteiger partial charge is 0.362 e. The first kappa shape index (κ1) is 12.5. The van der Waals surface area contributed by atoms with Crippen LogP contribution >= 0.6 is 0 Å². The normalized spacial score (nSPS) is 22.7. The van der Waals surface area contributed by atoms with Crippen LogP contribution in [0, 0.1) is 0 Å². The van der Waals surface area contributed by atoms with Crippen LogP contribution in [0.1, 0.15) is 6.42 Å². The highest BCUT2D eigenvalue weighted by Crippen LogP contribution is 2.42. The lowest BCUT2D eigenvalue weighted by atomic mass is 9.90. The Morgan fingerprint density at radius 3 is 2.44 bits per heavy atom. The zero-order chi connectivity index (χ0) is 13.4. The van der Waals surface area contributed by atoms with E-state index in [0.717, 1.165) is 6.08 Å². The summed E-state index contributed by atoms with van der Waals surface area (Å²) in [7, 11) is 0. The van der Waals surface area contributed by atoms with Gasteiger partial charge in [-0.1, -0.05) is 18.2 Å². The molecule has 0 bridgehead atoms. The number of hydrogen-bond acceptors (Lipinski definition) is 2. The maximum absolute atomic E-state index is 13.2. The van der Waals surface area contributed by atoms with Crippen LogP contribution in [0.2, 0.25) is 0 Å². The van der Waals surface area contributed by atoms with Crippen LogP contribution in [-0.2, 0) is 4.79 Å². The van der Waals surface area contributed by atoms with Crippen molar-refractivity contribution in [2.24, 2.45) is 0 Å². The summed E-state index contributed by atoms with van der Waals surface area (Å²) >= 11 is 0. The predicted octanol–water partition coefficient (Wildman–Crippen LogP) is 2.93. The minimum Gasteiger partial charge on any atom is -0.362 e. The lowest BCUT2D eigenvalue weighted by molar-refractivity contribution is -0.182. The zero-order valence-electron chi connectivity index (χ0n) is 9.34. The largest absolute Gasteiger partial charge is 0.420 e. The maximum atomic E-state index is 13.2. The summed E-state index contributed by atoms with van der Waals surface area (Å²) in [4.78, 5) is 11.8. The quantitative estimate of drug-likeness (QED) is 0.799. The molecule has 2 N–H and O–H groups in total. The number of alkyl halides is 3. The Labute approximate surface area is 102 Å². The van der Waals surface area contributed by atoms with Gasteiger partial charge >= 0.3 is 6.18 Å². The lowest BCUT2D eigenvalue weighted by Gasteiger charge is -2.39. The van der Waals surface area contributed by atoms with Crippen LogP contribution in [0.15, 0.2) is 36.9 Å². The van der Waals surface area contributed by atoms with Gasteiger partial charge in [-0.05, 0) is 12.1 Å². The number of hydrogen-bond donors (Lipinski definition) is 2. The molecule has 1 aliphatic heterocycles. The van der Waals surface area contributed by atoms with Crippen LogP contribution in [-0.4, -0.2) is 17.6 Å². The van der Waals surface area contributed by atoms with E-state index in [1.165, 1.54) is 12.1 Å². The number of nitrogens with one attached hydrogen (secondary N) is 2. The fourth-order valence-corrected chi connectivity index (χ4v) is 1.89. The molecule has 1 aliphatic rings. The van der Waals surface area contributed by atoms with E-state index in [1.807, 2.05) is 0 Å². The van der Waals surface area contributed by atoms with E-state index in [9.17, 15) is 18.0 Å². The molecule has 0 spiro atoms. The molecule has 0 radical (unpaired) electrons. The molecular weight excluding hydrogens is 245 g/mol. The number of anilines is 2. The molecule has 0 aliphatic carbocycles. The van der Waals surface area contributed by atoms with Gasteiger partial charge < -0.3 is 10.6 Å². The van der Waals surface area contributed by atoms with Crippen molar-refractivity contribution in [3.05, 3.63) is 36.9 Å². The molecule has 1 heterocycles. The molecule has 0 aromatic heterocycles.